The van der Waals surface area contributed by atoms with E-state index in [1.807, 2.05) is 0 Å². The Morgan fingerprint density at radius 2 is 1.71 bits per heavy atom. The van der Waals surface area contributed by atoms with Gasteiger partial charge in [0.15, 0.2) is 4.70 Å². The second-order valence-electron chi connectivity index (χ2n) is 2.48. The van der Waals surface area contributed by atoms with Gasteiger partial charge in [0.2, 0.25) is 10.1 Å². The highest BCUT2D eigenvalue weighted by Crippen LogP contribution is 2.18. The molecule has 1 heterocycles. The first-order valence-corrected chi connectivity index (χ1v) is 6.12. The van der Waals surface area contributed by atoms with E-state index in [1.165, 1.54) is 0 Å². The third kappa shape index (κ3) is 3.46. The topological polar surface area (TPSA) is 89.9 Å². The van der Waals surface area contributed by atoms with Crippen molar-refractivity contribution in [3.63, 3.8) is 0 Å². The molecule has 0 aliphatic carbocycles. The highest BCUT2D eigenvalue weighted by Gasteiger charge is 2.36. The van der Waals surface area contributed by atoms with Crippen LogP contribution < -0.4 is 0 Å². The maximum Gasteiger partial charge on any atom is 0.302 e. The Morgan fingerprint density at radius 3 is 2.29 bits per heavy atom. The normalized spacial score (nSPS) is 36.5. The van der Waals surface area contributed by atoms with Gasteiger partial charge in [0, 0.05) is 0 Å². The number of alkyl halides is 2. The van der Waals surface area contributed by atoms with Gasteiger partial charge in [-0.1, -0.05) is 0 Å². The van der Waals surface area contributed by atoms with Gasteiger partial charge >= 0.3 is 10.1 Å². The number of hydrogen-bond donors (Lipinski definition) is 1. The Labute approximate surface area is 79.0 Å². The van der Waals surface area contributed by atoms with Crippen molar-refractivity contribution >= 4 is 24.9 Å². The molecule has 10 heteroatoms. The molecule has 0 fully saturated rings. The quantitative estimate of drug-likeness (QED) is 0.458. The molecule has 1 aliphatic rings. The predicted octanol–water partition coefficient (Wildman–Crippen LogP) is -0.570. The van der Waals surface area contributed by atoms with Gasteiger partial charge in [-0.15, -0.1) is 0 Å². The summed E-state index contributed by atoms with van der Waals surface area (Å²) < 4.78 is 73.5. The van der Waals surface area contributed by atoms with E-state index in [0.29, 0.717) is 0 Å². The predicted molar refractivity (Wildman–Crippen MR) is 42.6 cm³/mol. The van der Waals surface area contributed by atoms with E-state index in [-0.39, 0.29) is 4.70 Å². The van der Waals surface area contributed by atoms with E-state index in [2.05, 4.69) is 8.37 Å². The third-order valence-electron chi connectivity index (χ3n) is 1.11. The van der Waals surface area contributed by atoms with E-state index >= 15 is 0 Å². The molecule has 0 saturated carbocycles. The maximum absolute atomic E-state index is 12.6. The second-order valence-corrected chi connectivity index (χ2v) is 5.74. The summed E-state index contributed by atoms with van der Waals surface area (Å²) in [5, 5.41) is 0. The highest BCUT2D eigenvalue weighted by molar-refractivity contribution is 8.15. The van der Waals surface area contributed by atoms with Crippen molar-refractivity contribution in [1.29, 1.82) is 0 Å². The minimum absolute atomic E-state index is 0.144. The molecule has 6 nitrogen and oxygen atoms in total. The highest BCUT2D eigenvalue weighted by atomic mass is 32.3. The molecule has 1 N–H and O–H groups in total. The molecule has 0 saturated heterocycles. The fraction of sp³-hybridized carbons (Fsp3) is 0.750. The molecule has 0 bridgehead atoms. The minimum Gasteiger partial charge on any atom is -0.293 e. The van der Waals surface area contributed by atoms with Gasteiger partial charge in [-0.05, 0) is 0 Å². The largest absolute Gasteiger partial charge is 0.302 e. The van der Waals surface area contributed by atoms with Crippen LogP contribution in [0.25, 0.3) is 0 Å². The summed E-state index contributed by atoms with van der Waals surface area (Å²) in [5.74, 6) is -3.62. The van der Waals surface area contributed by atoms with Gasteiger partial charge in [0.05, 0.1) is 0 Å². The van der Waals surface area contributed by atoms with Gasteiger partial charge < -0.3 is 0 Å². The van der Waals surface area contributed by atoms with Crippen LogP contribution in [-0.4, -0.2) is 41.0 Å². The fourth-order valence-corrected chi connectivity index (χ4v) is 2.90. The van der Waals surface area contributed by atoms with E-state index in [1.54, 1.807) is 0 Å². The molecule has 84 valence electrons. The lowest BCUT2D eigenvalue weighted by Gasteiger charge is -2.18. The van der Waals surface area contributed by atoms with E-state index in [4.69, 9.17) is 4.55 Å². The summed E-state index contributed by atoms with van der Waals surface area (Å²) in [5.41, 5.74) is 0. The third-order valence-corrected chi connectivity index (χ3v) is 3.93. The van der Waals surface area contributed by atoms with Crippen molar-refractivity contribution in [2.75, 3.05) is 13.2 Å². The van der Waals surface area contributed by atoms with Crippen LogP contribution >= 0.6 is 0 Å². The van der Waals surface area contributed by atoms with Gasteiger partial charge in [-0.3, -0.25) is 12.9 Å². The van der Waals surface area contributed by atoms with Gasteiger partial charge in [-0.25, -0.2) is 13.0 Å². The Morgan fingerprint density at radius 1 is 1.21 bits per heavy atom. The molecule has 1 atom stereocenters. The molecule has 0 aromatic rings. The van der Waals surface area contributed by atoms with Crippen LogP contribution in [0.3, 0.4) is 0 Å². The Balaban J connectivity index is 3.13. The van der Waals surface area contributed by atoms with Crippen LogP contribution in [0.15, 0.2) is 0 Å². The summed E-state index contributed by atoms with van der Waals surface area (Å²) in [6, 6.07) is 0. The molecule has 1 aliphatic heterocycles. The molecule has 0 spiro atoms. The lowest BCUT2D eigenvalue weighted by molar-refractivity contribution is -0.0708. The molecule has 0 aromatic carbocycles. The monoisotopic (exact) mass is 252 g/mol. The van der Waals surface area contributed by atoms with Crippen LogP contribution in [0, 0.1) is 0 Å². The Kier molecular flexibility index (Phi) is 2.84. The zero-order valence-electron chi connectivity index (χ0n) is 6.55. The van der Waals surface area contributed by atoms with Crippen molar-refractivity contribution in [3.8, 4) is 0 Å². The second kappa shape index (κ2) is 3.38. The Bertz CT molecular complexity index is 431. The molecule has 0 amide bonds. The standard InChI is InChI=1S/C4H6F2O6S2/c5-4(6)1-11-13(7,8)3-14(9,10)12-2-4/h3H,1-2H2,(H,7,8). The van der Waals surface area contributed by atoms with E-state index < -0.39 is 39.3 Å². The van der Waals surface area contributed by atoms with Crippen molar-refractivity contribution in [2.24, 2.45) is 0 Å². The van der Waals surface area contributed by atoms with Crippen LogP contribution in [0.2, 0.25) is 0 Å². The Hall–Kier alpha value is -0.290. The first-order chi connectivity index (χ1) is 6.12. The van der Waals surface area contributed by atoms with Gasteiger partial charge in [-0.2, -0.15) is 8.42 Å². The smallest absolute Gasteiger partial charge is 0.293 e. The van der Waals surface area contributed by atoms with Crippen molar-refractivity contribution < 1.29 is 34.3 Å². The first-order valence-electron chi connectivity index (χ1n) is 3.15. The summed E-state index contributed by atoms with van der Waals surface area (Å²) in [6.07, 6.45) is 0. The number of hydrogen-bond acceptors (Lipinski definition) is 5. The van der Waals surface area contributed by atoms with Gasteiger partial charge in [0.25, 0.3) is 5.92 Å². The number of rotatable bonds is 0. The maximum atomic E-state index is 12.6. The summed E-state index contributed by atoms with van der Waals surface area (Å²) >= 11 is 0. The zero-order valence-corrected chi connectivity index (χ0v) is 8.19. The van der Waals surface area contributed by atoms with Crippen LogP contribution in [-0.2, 0) is 28.6 Å². The number of halogens is 2. The first kappa shape index (κ1) is 11.8. The average molecular weight is 252 g/mol. The molecule has 0 radical (unpaired) electrons. The molecule has 1 unspecified atom stereocenters. The van der Waals surface area contributed by atoms with E-state index in [9.17, 15) is 21.4 Å². The minimum atomic E-state index is -4.58. The molecule has 0 aromatic heterocycles. The molecular weight excluding hydrogens is 246 g/mol. The van der Waals surface area contributed by atoms with Crippen molar-refractivity contribution in [1.82, 2.24) is 0 Å². The van der Waals surface area contributed by atoms with Crippen LogP contribution in [0.5, 0.6) is 0 Å². The van der Waals surface area contributed by atoms with Crippen LogP contribution in [0.1, 0.15) is 0 Å². The average Bonchev–Trinajstić information content (AvgIpc) is 1.96. The SMILES string of the molecule is O=S1(=O)C=S(=O)(O)OCC(F)(F)CO1. The fourth-order valence-electron chi connectivity index (χ4n) is 0.585. The zero-order chi connectivity index (χ0) is 11.0. The van der Waals surface area contributed by atoms with Crippen molar-refractivity contribution in [3.05, 3.63) is 0 Å². The molecule has 14 heavy (non-hydrogen) atoms. The summed E-state index contributed by atoms with van der Waals surface area (Å²) in [4.78, 5) is 0. The lowest BCUT2D eigenvalue weighted by Crippen LogP contribution is -2.35. The van der Waals surface area contributed by atoms with Gasteiger partial charge in [0.1, 0.15) is 13.2 Å². The van der Waals surface area contributed by atoms with Crippen molar-refractivity contribution in [2.45, 2.75) is 5.92 Å². The summed E-state index contributed by atoms with van der Waals surface area (Å²) in [6.45, 7) is -2.80. The lowest BCUT2D eigenvalue weighted by atomic mass is 10.4. The van der Waals surface area contributed by atoms with Crippen LogP contribution in [0.4, 0.5) is 8.78 Å². The van der Waals surface area contributed by atoms with E-state index in [0.717, 1.165) is 0 Å². The molecular formula is C4H6F2O6S2. The summed E-state index contributed by atoms with van der Waals surface area (Å²) in [7, 11) is -8.97. The molecule has 1 rings (SSSR count).